The second kappa shape index (κ2) is 7.42. The Morgan fingerprint density at radius 3 is 2.79 bits per heavy atom. The summed E-state index contributed by atoms with van der Waals surface area (Å²) in [6.45, 7) is 5.44. The zero-order valence-corrected chi connectivity index (χ0v) is 17.3. The summed E-state index contributed by atoms with van der Waals surface area (Å²) < 4.78 is 11.0. The lowest BCUT2D eigenvalue weighted by Gasteiger charge is -2.57. The van der Waals surface area contributed by atoms with Crippen LogP contribution in [0.25, 0.3) is 0 Å². The number of hydrogen-bond donors (Lipinski definition) is 0. The summed E-state index contributed by atoms with van der Waals surface area (Å²) in [5, 5.41) is 0.750. The average Bonchev–Trinajstić information content (AvgIpc) is 3.13. The van der Waals surface area contributed by atoms with Gasteiger partial charge in [-0.1, -0.05) is 24.9 Å². The Balaban J connectivity index is 1.37. The van der Waals surface area contributed by atoms with E-state index in [1.807, 2.05) is 12.1 Å². The molecule has 4 aliphatic heterocycles. The van der Waals surface area contributed by atoms with Crippen LogP contribution in [0.15, 0.2) is 12.1 Å². The van der Waals surface area contributed by atoms with Gasteiger partial charge in [0.25, 0.3) is 0 Å². The normalized spacial score (nSPS) is 31.8. The molecule has 0 aliphatic carbocycles. The van der Waals surface area contributed by atoms with Crippen LogP contribution in [-0.2, 0) is 11.3 Å². The minimum Gasteiger partial charge on any atom is -0.454 e. The second-order valence-corrected chi connectivity index (χ2v) is 9.27. The summed E-state index contributed by atoms with van der Waals surface area (Å²) in [7, 11) is 0. The number of piperidine rings is 3. The number of benzene rings is 1. The number of amides is 1. The Labute approximate surface area is 171 Å². The molecule has 2 bridgehead atoms. The van der Waals surface area contributed by atoms with Crippen LogP contribution in [0.2, 0.25) is 5.02 Å². The molecule has 0 N–H and O–H groups in total. The molecular formula is C22H29ClN2O3. The standard InChI is InChI=1S/C22H29ClN2O3/c1-2-4-18-15-7-16(19-5-3-6-22(26)25(18)19)12-24(11-15)10-14-8-20-21(9-17(14)23)28-13-27-20/h8-9,15-16,18-19H,2-7,10-13H2,1H3/t15-,16+,18-,19-/m0/s1. The highest BCUT2D eigenvalue weighted by Gasteiger charge is 2.48. The van der Waals surface area contributed by atoms with Crippen molar-refractivity contribution in [2.45, 2.75) is 64.1 Å². The molecule has 1 aromatic rings. The Bertz CT molecular complexity index is 770. The van der Waals surface area contributed by atoms with Gasteiger partial charge < -0.3 is 14.4 Å². The van der Waals surface area contributed by atoms with Crippen molar-refractivity contribution in [1.29, 1.82) is 0 Å². The molecule has 4 atom stereocenters. The van der Waals surface area contributed by atoms with Gasteiger partial charge in [0.1, 0.15) is 0 Å². The molecule has 28 heavy (non-hydrogen) atoms. The molecule has 3 fully saturated rings. The maximum atomic E-state index is 12.7. The number of hydrogen-bond acceptors (Lipinski definition) is 4. The van der Waals surface area contributed by atoms with E-state index in [0.29, 0.717) is 29.8 Å². The van der Waals surface area contributed by atoms with E-state index < -0.39 is 0 Å². The first-order valence-corrected chi connectivity index (χ1v) is 11.1. The Kier molecular flexibility index (Phi) is 4.92. The molecule has 4 heterocycles. The molecule has 3 saturated heterocycles. The van der Waals surface area contributed by atoms with Crippen LogP contribution < -0.4 is 9.47 Å². The summed E-state index contributed by atoms with van der Waals surface area (Å²) >= 11 is 6.54. The topological polar surface area (TPSA) is 42.0 Å². The first kappa shape index (κ1) is 18.6. The highest BCUT2D eigenvalue weighted by atomic mass is 35.5. The van der Waals surface area contributed by atoms with Crippen molar-refractivity contribution >= 4 is 17.5 Å². The summed E-state index contributed by atoms with van der Waals surface area (Å²) in [6.07, 6.45) is 6.49. The number of rotatable bonds is 4. The molecule has 0 saturated carbocycles. The number of nitrogens with zero attached hydrogens (tertiary/aromatic N) is 2. The predicted octanol–water partition coefficient (Wildman–Crippen LogP) is 4.07. The predicted molar refractivity (Wildman–Crippen MR) is 108 cm³/mol. The van der Waals surface area contributed by atoms with E-state index in [0.717, 1.165) is 67.4 Å². The Morgan fingerprint density at radius 1 is 1.18 bits per heavy atom. The summed E-state index contributed by atoms with van der Waals surface area (Å²) in [5.74, 6) is 3.10. The molecule has 1 amide bonds. The van der Waals surface area contributed by atoms with Gasteiger partial charge in [-0.25, -0.2) is 0 Å². The lowest BCUT2D eigenvalue weighted by atomic mass is 9.71. The molecular weight excluding hydrogens is 376 g/mol. The first-order chi connectivity index (χ1) is 13.6. The van der Waals surface area contributed by atoms with Crippen LogP contribution in [-0.4, -0.2) is 47.7 Å². The third-order valence-electron chi connectivity index (χ3n) is 7.09. The molecule has 1 aromatic carbocycles. The lowest BCUT2D eigenvalue weighted by molar-refractivity contribution is -0.153. The van der Waals surface area contributed by atoms with Gasteiger partial charge in [0.15, 0.2) is 11.5 Å². The molecule has 0 radical (unpaired) electrons. The van der Waals surface area contributed by atoms with E-state index in [9.17, 15) is 4.79 Å². The number of halogens is 1. The molecule has 6 heteroatoms. The zero-order valence-electron chi connectivity index (χ0n) is 16.5. The molecule has 5 nitrogen and oxygen atoms in total. The minimum atomic E-state index is 0.271. The molecule has 0 spiro atoms. The van der Waals surface area contributed by atoms with E-state index in [4.69, 9.17) is 21.1 Å². The van der Waals surface area contributed by atoms with Crippen LogP contribution >= 0.6 is 11.6 Å². The fourth-order valence-corrected chi connectivity index (χ4v) is 6.20. The fraction of sp³-hybridized carbons (Fsp3) is 0.682. The third kappa shape index (κ3) is 3.17. The molecule has 4 aliphatic rings. The third-order valence-corrected chi connectivity index (χ3v) is 7.44. The first-order valence-electron chi connectivity index (χ1n) is 10.8. The van der Waals surface area contributed by atoms with Gasteiger partial charge in [0.2, 0.25) is 12.7 Å². The number of likely N-dealkylation sites (tertiary alicyclic amines) is 1. The number of fused-ring (bicyclic) bond motifs is 5. The van der Waals surface area contributed by atoms with Gasteiger partial charge >= 0.3 is 0 Å². The number of carbonyl (C=O) groups is 1. The summed E-state index contributed by atoms with van der Waals surface area (Å²) in [4.78, 5) is 17.6. The van der Waals surface area contributed by atoms with Crippen LogP contribution in [0.5, 0.6) is 11.5 Å². The minimum absolute atomic E-state index is 0.271. The highest BCUT2D eigenvalue weighted by Crippen LogP contribution is 2.44. The van der Waals surface area contributed by atoms with Gasteiger partial charge in [-0.05, 0) is 49.1 Å². The summed E-state index contributed by atoms with van der Waals surface area (Å²) in [6, 6.07) is 4.76. The van der Waals surface area contributed by atoms with Gasteiger partial charge in [-0.15, -0.1) is 0 Å². The van der Waals surface area contributed by atoms with Crippen molar-refractivity contribution in [1.82, 2.24) is 9.80 Å². The smallest absolute Gasteiger partial charge is 0.231 e. The van der Waals surface area contributed by atoms with Crippen molar-refractivity contribution in [3.8, 4) is 11.5 Å². The summed E-state index contributed by atoms with van der Waals surface area (Å²) in [5.41, 5.74) is 1.11. The van der Waals surface area contributed by atoms with Crippen molar-refractivity contribution < 1.29 is 14.3 Å². The monoisotopic (exact) mass is 404 g/mol. The van der Waals surface area contributed by atoms with Crippen LogP contribution in [0.4, 0.5) is 0 Å². The SMILES string of the molecule is CCC[C@H]1[C@H]2C[C@H](CN(Cc3cc4c(cc3Cl)OCO4)C2)[C@@H]2CCCC(=O)N21. The van der Waals surface area contributed by atoms with E-state index in [-0.39, 0.29) is 6.79 Å². The fourth-order valence-electron chi connectivity index (χ4n) is 5.99. The van der Waals surface area contributed by atoms with Crippen LogP contribution in [0, 0.1) is 11.8 Å². The molecule has 5 rings (SSSR count). The molecule has 0 aromatic heterocycles. The molecule has 152 valence electrons. The Morgan fingerprint density at radius 2 is 1.96 bits per heavy atom. The van der Waals surface area contributed by atoms with E-state index >= 15 is 0 Å². The van der Waals surface area contributed by atoms with E-state index in [2.05, 4.69) is 16.7 Å². The maximum absolute atomic E-state index is 12.7. The van der Waals surface area contributed by atoms with Gasteiger partial charge in [-0.3, -0.25) is 9.69 Å². The largest absolute Gasteiger partial charge is 0.454 e. The van der Waals surface area contributed by atoms with Crippen molar-refractivity contribution in [2.24, 2.45) is 11.8 Å². The Hall–Kier alpha value is -1.46. The quantitative estimate of drug-likeness (QED) is 0.758. The zero-order chi connectivity index (χ0) is 19.3. The van der Waals surface area contributed by atoms with Crippen molar-refractivity contribution in [2.75, 3.05) is 19.9 Å². The van der Waals surface area contributed by atoms with E-state index in [1.54, 1.807) is 0 Å². The highest BCUT2D eigenvalue weighted by molar-refractivity contribution is 6.31. The molecule has 0 unspecified atom stereocenters. The van der Waals surface area contributed by atoms with E-state index in [1.165, 1.54) is 12.8 Å². The number of carbonyl (C=O) groups excluding carboxylic acids is 1. The van der Waals surface area contributed by atoms with Gasteiger partial charge in [-0.2, -0.15) is 0 Å². The number of ether oxygens (including phenoxy) is 2. The average molecular weight is 405 g/mol. The van der Waals surface area contributed by atoms with Crippen LogP contribution in [0.1, 0.15) is 51.0 Å². The second-order valence-electron chi connectivity index (χ2n) is 8.86. The maximum Gasteiger partial charge on any atom is 0.231 e. The lowest BCUT2D eigenvalue weighted by Crippen LogP contribution is -2.64. The van der Waals surface area contributed by atoms with Gasteiger partial charge in [0.05, 0.1) is 0 Å². The van der Waals surface area contributed by atoms with Crippen LogP contribution in [0.3, 0.4) is 0 Å². The van der Waals surface area contributed by atoms with Crippen molar-refractivity contribution in [3.63, 3.8) is 0 Å². The van der Waals surface area contributed by atoms with Gasteiger partial charge in [0, 0.05) is 49.2 Å². The van der Waals surface area contributed by atoms with Crippen molar-refractivity contribution in [3.05, 3.63) is 22.7 Å².